The van der Waals surface area contributed by atoms with Gasteiger partial charge in [-0.3, -0.25) is 19.2 Å². The molecule has 0 radical (unpaired) electrons. The van der Waals surface area contributed by atoms with Gasteiger partial charge in [0.05, 0.1) is 13.1 Å². The van der Waals surface area contributed by atoms with E-state index in [0.717, 1.165) is 12.8 Å². The number of carbonyl (C=O) groups excluding carboxylic acids is 4. The summed E-state index contributed by atoms with van der Waals surface area (Å²) in [4.78, 5) is 45.7. The number of Topliss-reactive ketones (excluding diaryl/α,β-unsaturated/α-hetero) is 2. The highest BCUT2D eigenvalue weighted by Gasteiger charge is 2.09. The van der Waals surface area contributed by atoms with Gasteiger partial charge < -0.3 is 10.6 Å². The molecule has 0 aliphatic heterocycles. The van der Waals surface area contributed by atoms with Crippen molar-refractivity contribution in [1.82, 2.24) is 10.6 Å². The third kappa shape index (κ3) is 6.86. The third-order valence-corrected chi connectivity index (χ3v) is 3.17. The van der Waals surface area contributed by atoms with Gasteiger partial charge in [0.15, 0.2) is 5.78 Å². The Morgan fingerprint density at radius 3 is 2.13 bits per heavy atom. The van der Waals surface area contributed by atoms with Gasteiger partial charge in [-0.15, -0.1) is 0 Å². The number of nitrogens with one attached hydrogen (secondary N) is 2. The van der Waals surface area contributed by atoms with Crippen molar-refractivity contribution >= 4 is 23.4 Å². The Morgan fingerprint density at radius 2 is 1.57 bits per heavy atom. The monoisotopic (exact) mass is 318 g/mol. The number of hydrogen-bond donors (Lipinski definition) is 2. The maximum atomic E-state index is 11.9. The summed E-state index contributed by atoms with van der Waals surface area (Å²) >= 11 is 0. The zero-order valence-corrected chi connectivity index (χ0v) is 13.5. The van der Waals surface area contributed by atoms with E-state index in [1.165, 1.54) is 6.92 Å². The van der Waals surface area contributed by atoms with Crippen molar-refractivity contribution in [2.75, 3.05) is 6.67 Å². The fourth-order valence-electron chi connectivity index (χ4n) is 1.90. The normalized spacial score (nSPS) is 10.0. The van der Waals surface area contributed by atoms with Crippen LogP contribution in [-0.4, -0.2) is 30.0 Å². The second-order valence-corrected chi connectivity index (χ2v) is 5.27. The van der Waals surface area contributed by atoms with E-state index in [1.807, 2.05) is 6.92 Å². The number of carbonyl (C=O) groups is 4. The molecule has 2 N–H and O–H groups in total. The molecule has 0 aromatic heterocycles. The quantitative estimate of drug-likeness (QED) is 0.413. The highest BCUT2D eigenvalue weighted by atomic mass is 16.2. The molecule has 0 aliphatic carbocycles. The highest BCUT2D eigenvalue weighted by molar-refractivity contribution is 5.99. The maximum absolute atomic E-state index is 11.9. The Hall–Kier alpha value is -2.50. The molecule has 23 heavy (non-hydrogen) atoms. The molecule has 0 fully saturated rings. The molecule has 6 heteroatoms. The van der Waals surface area contributed by atoms with Crippen molar-refractivity contribution < 1.29 is 19.2 Å². The lowest BCUT2D eigenvalue weighted by Gasteiger charge is -2.07. The molecule has 0 unspecified atom stereocenters. The molecule has 0 heterocycles. The minimum absolute atomic E-state index is 0.0534. The summed E-state index contributed by atoms with van der Waals surface area (Å²) in [7, 11) is 0. The van der Waals surface area contributed by atoms with Gasteiger partial charge in [-0.2, -0.15) is 0 Å². The van der Waals surface area contributed by atoms with E-state index in [0.29, 0.717) is 17.5 Å². The van der Waals surface area contributed by atoms with Crippen LogP contribution in [0.1, 0.15) is 60.2 Å². The molecule has 2 amide bonds. The number of unbranched alkanes of at least 4 members (excludes halogenated alkanes) is 1. The van der Waals surface area contributed by atoms with Crippen LogP contribution >= 0.6 is 0 Å². The third-order valence-electron chi connectivity index (χ3n) is 3.17. The molecular formula is C17H22N2O4. The van der Waals surface area contributed by atoms with Crippen LogP contribution in [0, 0.1) is 0 Å². The topological polar surface area (TPSA) is 92.3 Å². The van der Waals surface area contributed by atoms with E-state index < -0.39 is 5.91 Å². The summed E-state index contributed by atoms with van der Waals surface area (Å²) in [5.41, 5.74) is 0.989. The fraction of sp³-hybridized carbons (Fsp3) is 0.412. The number of amides is 2. The van der Waals surface area contributed by atoms with Crippen LogP contribution in [0.15, 0.2) is 24.3 Å². The standard InChI is InChI=1S/C17H22N2O4/c1-3-4-5-15(21)13-6-8-14(9-7-13)17(23)19-11-18-16(22)10-12(2)20/h6-9H,3-5,10-11H2,1-2H3,(H,18,22)(H,19,23). The Balaban J connectivity index is 2.46. The van der Waals surface area contributed by atoms with Crippen molar-refractivity contribution in [3.8, 4) is 0 Å². The summed E-state index contributed by atoms with van der Waals surface area (Å²) in [5.74, 6) is -0.970. The van der Waals surface area contributed by atoms with Crippen LogP contribution in [0.4, 0.5) is 0 Å². The maximum Gasteiger partial charge on any atom is 0.252 e. The number of rotatable bonds is 9. The Labute approximate surface area is 135 Å². The van der Waals surface area contributed by atoms with Crippen LogP contribution in [0.5, 0.6) is 0 Å². The summed E-state index contributed by atoms with van der Waals surface area (Å²) in [6.45, 7) is 3.29. The Morgan fingerprint density at radius 1 is 0.957 bits per heavy atom. The zero-order chi connectivity index (χ0) is 17.2. The van der Waals surface area contributed by atoms with Crippen LogP contribution in [0.25, 0.3) is 0 Å². The van der Waals surface area contributed by atoms with Gasteiger partial charge in [0.2, 0.25) is 5.91 Å². The van der Waals surface area contributed by atoms with Crippen LogP contribution in [0.2, 0.25) is 0 Å². The molecule has 0 saturated heterocycles. The van der Waals surface area contributed by atoms with E-state index in [4.69, 9.17) is 0 Å². The molecule has 6 nitrogen and oxygen atoms in total. The van der Waals surface area contributed by atoms with Gasteiger partial charge in [-0.25, -0.2) is 0 Å². The van der Waals surface area contributed by atoms with E-state index in [2.05, 4.69) is 10.6 Å². The lowest BCUT2D eigenvalue weighted by Crippen LogP contribution is -2.37. The molecular weight excluding hydrogens is 296 g/mol. The predicted molar refractivity (Wildman–Crippen MR) is 86.1 cm³/mol. The minimum Gasteiger partial charge on any atom is -0.338 e. The lowest BCUT2D eigenvalue weighted by atomic mass is 10.0. The van der Waals surface area contributed by atoms with Gasteiger partial charge >= 0.3 is 0 Å². The van der Waals surface area contributed by atoms with Crippen LogP contribution in [-0.2, 0) is 9.59 Å². The van der Waals surface area contributed by atoms with Crippen molar-refractivity contribution in [2.45, 2.75) is 39.5 Å². The Kier molecular flexibility index (Phi) is 7.66. The second kappa shape index (κ2) is 9.50. The number of benzene rings is 1. The molecule has 124 valence electrons. The first-order valence-corrected chi connectivity index (χ1v) is 7.61. The molecule has 1 aromatic rings. The van der Waals surface area contributed by atoms with E-state index in [-0.39, 0.29) is 30.6 Å². The van der Waals surface area contributed by atoms with Crippen LogP contribution < -0.4 is 10.6 Å². The molecule has 0 aliphatic rings. The second-order valence-electron chi connectivity index (χ2n) is 5.27. The Bertz CT molecular complexity index is 579. The zero-order valence-electron chi connectivity index (χ0n) is 13.5. The van der Waals surface area contributed by atoms with E-state index in [9.17, 15) is 19.2 Å². The SMILES string of the molecule is CCCCC(=O)c1ccc(C(=O)NCNC(=O)CC(C)=O)cc1. The van der Waals surface area contributed by atoms with Gasteiger partial charge in [0.1, 0.15) is 5.78 Å². The van der Waals surface area contributed by atoms with Gasteiger partial charge in [0.25, 0.3) is 5.91 Å². The number of ketones is 2. The lowest BCUT2D eigenvalue weighted by molar-refractivity contribution is -0.127. The molecule has 0 atom stereocenters. The van der Waals surface area contributed by atoms with E-state index >= 15 is 0 Å². The molecule has 0 spiro atoms. The average Bonchev–Trinajstić information content (AvgIpc) is 2.51. The summed E-state index contributed by atoms with van der Waals surface area (Å²) < 4.78 is 0. The minimum atomic E-state index is -0.435. The molecule has 1 rings (SSSR count). The van der Waals surface area contributed by atoms with Crippen molar-refractivity contribution in [1.29, 1.82) is 0 Å². The van der Waals surface area contributed by atoms with E-state index in [1.54, 1.807) is 24.3 Å². The van der Waals surface area contributed by atoms with Crippen molar-refractivity contribution in [3.05, 3.63) is 35.4 Å². The summed E-state index contributed by atoms with van der Waals surface area (Å²) in [6.07, 6.45) is 2.11. The summed E-state index contributed by atoms with van der Waals surface area (Å²) in [5, 5.41) is 4.94. The molecule has 1 aromatic carbocycles. The first-order valence-electron chi connectivity index (χ1n) is 7.61. The first-order chi connectivity index (χ1) is 10.9. The van der Waals surface area contributed by atoms with Gasteiger partial charge in [0, 0.05) is 17.5 Å². The predicted octanol–water partition coefficient (Wildman–Crippen LogP) is 1.84. The van der Waals surface area contributed by atoms with Gasteiger partial charge in [-0.1, -0.05) is 25.5 Å². The number of hydrogen-bond acceptors (Lipinski definition) is 4. The highest BCUT2D eigenvalue weighted by Crippen LogP contribution is 2.09. The van der Waals surface area contributed by atoms with Crippen LogP contribution in [0.3, 0.4) is 0 Å². The molecule has 0 saturated carbocycles. The van der Waals surface area contributed by atoms with Gasteiger partial charge in [-0.05, 0) is 25.5 Å². The first kappa shape index (κ1) is 18.5. The molecule has 0 bridgehead atoms. The smallest absolute Gasteiger partial charge is 0.252 e. The summed E-state index contributed by atoms with van der Waals surface area (Å²) in [6, 6.07) is 6.40. The largest absolute Gasteiger partial charge is 0.338 e. The fourth-order valence-corrected chi connectivity index (χ4v) is 1.90. The van der Waals surface area contributed by atoms with Crippen molar-refractivity contribution in [3.63, 3.8) is 0 Å². The average molecular weight is 318 g/mol. The van der Waals surface area contributed by atoms with Crippen molar-refractivity contribution in [2.24, 2.45) is 0 Å².